The second kappa shape index (κ2) is 4.61. The average molecular weight is 255 g/mol. The number of ether oxygens (including phenoxy) is 1. The van der Waals surface area contributed by atoms with Gasteiger partial charge in [0.05, 0.1) is 18.5 Å². The van der Waals surface area contributed by atoms with Crippen molar-refractivity contribution in [2.24, 2.45) is 0 Å². The minimum atomic E-state index is -0.0513. The fraction of sp³-hybridized carbons (Fsp3) is 0.143. The number of anilines is 3. The molecule has 0 bridgehead atoms. The Morgan fingerprint density at radius 3 is 2.84 bits per heavy atom. The highest BCUT2D eigenvalue weighted by atomic mass is 16.5. The van der Waals surface area contributed by atoms with Gasteiger partial charge in [-0.05, 0) is 24.3 Å². The van der Waals surface area contributed by atoms with Gasteiger partial charge in [0.2, 0.25) is 11.8 Å². The number of nitrogens with one attached hydrogen (secondary N) is 1. The number of aromatic nitrogens is 1. The van der Waals surface area contributed by atoms with Crippen molar-refractivity contribution in [1.82, 2.24) is 4.98 Å². The molecule has 0 fully saturated rings. The Hall–Kier alpha value is -2.56. The molecule has 1 aromatic heterocycles. The van der Waals surface area contributed by atoms with E-state index in [1.807, 2.05) is 41.3 Å². The largest absolute Gasteiger partial charge is 0.480 e. The summed E-state index contributed by atoms with van der Waals surface area (Å²) in [6, 6.07) is 11.4. The number of methoxy groups -OCH3 is 1. The van der Waals surface area contributed by atoms with Crippen molar-refractivity contribution in [2.45, 2.75) is 0 Å². The molecule has 1 amide bonds. The lowest BCUT2D eigenvalue weighted by atomic mass is 10.1. The van der Waals surface area contributed by atoms with Gasteiger partial charge in [0, 0.05) is 6.20 Å². The molecule has 0 saturated heterocycles. The third-order valence-corrected chi connectivity index (χ3v) is 3.01. The molecule has 0 unspecified atom stereocenters. The Kier molecular flexibility index (Phi) is 2.79. The van der Waals surface area contributed by atoms with Crippen LogP contribution in [0.2, 0.25) is 0 Å². The van der Waals surface area contributed by atoms with E-state index in [0.29, 0.717) is 5.88 Å². The zero-order valence-corrected chi connectivity index (χ0v) is 10.5. The van der Waals surface area contributed by atoms with Crippen LogP contribution in [-0.2, 0) is 4.79 Å². The van der Waals surface area contributed by atoms with Crippen molar-refractivity contribution in [3.8, 4) is 5.88 Å². The third-order valence-electron chi connectivity index (χ3n) is 3.01. The lowest BCUT2D eigenvalue weighted by Gasteiger charge is -2.31. The maximum atomic E-state index is 11.8. The van der Waals surface area contributed by atoms with E-state index < -0.39 is 0 Å². The van der Waals surface area contributed by atoms with Crippen LogP contribution >= 0.6 is 0 Å². The van der Waals surface area contributed by atoms with Crippen LogP contribution in [0.1, 0.15) is 0 Å². The summed E-state index contributed by atoms with van der Waals surface area (Å²) in [6.45, 7) is 0.249. The van der Waals surface area contributed by atoms with Crippen molar-refractivity contribution in [2.75, 3.05) is 23.9 Å². The van der Waals surface area contributed by atoms with E-state index in [9.17, 15) is 4.79 Å². The van der Waals surface area contributed by atoms with Gasteiger partial charge in [0.15, 0.2) is 0 Å². The second-order valence-corrected chi connectivity index (χ2v) is 4.18. The van der Waals surface area contributed by atoms with Gasteiger partial charge in [0.1, 0.15) is 12.2 Å². The SMILES string of the molecule is COc1ncccc1N1CC(=O)Nc2ccccc21. The van der Waals surface area contributed by atoms with E-state index >= 15 is 0 Å². The highest BCUT2D eigenvalue weighted by Crippen LogP contribution is 2.37. The van der Waals surface area contributed by atoms with Gasteiger partial charge in [-0.15, -0.1) is 0 Å². The van der Waals surface area contributed by atoms with Gasteiger partial charge in [-0.2, -0.15) is 0 Å². The molecule has 5 nitrogen and oxygen atoms in total. The molecule has 0 saturated carbocycles. The second-order valence-electron chi connectivity index (χ2n) is 4.18. The maximum Gasteiger partial charge on any atom is 0.244 e. The molecule has 1 aliphatic heterocycles. The van der Waals surface area contributed by atoms with Crippen molar-refractivity contribution in [3.05, 3.63) is 42.6 Å². The molecular formula is C14H13N3O2. The molecule has 5 heteroatoms. The summed E-state index contributed by atoms with van der Waals surface area (Å²) >= 11 is 0. The van der Waals surface area contributed by atoms with E-state index in [1.165, 1.54) is 0 Å². The normalized spacial score (nSPS) is 13.7. The highest BCUT2D eigenvalue weighted by Gasteiger charge is 2.25. The van der Waals surface area contributed by atoms with Crippen LogP contribution in [0.5, 0.6) is 5.88 Å². The summed E-state index contributed by atoms with van der Waals surface area (Å²) in [5.74, 6) is 0.455. The van der Waals surface area contributed by atoms with Gasteiger partial charge in [-0.1, -0.05) is 12.1 Å². The number of carbonyl (C=O) groups excluding carboxylic acids is 1. The summed E-state index contributed by atoms with van der Waals surface area (Å²) < 4.78 is 5.26. The van der Waals surface area contributed by atoms with Crippen LogP contribution in [0.15, 0.2) is 42.6 Å². The smallest absolute Gasteiger partial charge is 0.244 e. The Morgan fingerprint density at radius 1 is 1.21 bits per heavy atom. The van der Waals surface area contributed by atoms with E-state index in [-0.39, 0.29) is 12.5 Å². The molecule has 96 valence electrons. The Morgan fingerprint density at radius 2 is 2.00 bits per heavy atom. The zero-order chi connectivity index (χ0) is 13.2. The molecule has 1 aromatic carbocycles. The van der Waals surface area contributed by atoms with Crippen LogP contribution in [0.4, 0.5) is 17.1 Å². The Bertz CT molecular complexity index is 628. The van der Waals surface area contributed by atoms with Crippen LogP contribution in [0, 0.1) is 0 Å². The summed E-state index contributed by atoms with van der Waals surface area (Å²) in [5, 5.41) is 2.86. The molecule has 2 heterocycles. The molecule has 0 atom stereocenters. The van der Waals surface area contributed by atoms with Crippen LogP contribution < -0.4 is 15.0 Å². The average Bonchev–Trinajstić information content (AvgIpc) is 2.46. The van der Waals surface area contributed by atoms with Crippen LogP contribution in [0.25, 0.3) is 0 Å². The zero-order valence-electron chi connectivity index (χ0n) is 10.5. The van der Waals surface area contributed by atoms with Gasteiger partial charge in [-0.3, -0.25) is 4.79 Å². The fourth-order valence-electron chi connectivity index (χ4n) is 2.19. The number of carbonyl (C=O) groups is 1. The number of fused-ring (bicyclic) bond motifs is 1. The van der Waals surface area contributed by atoms with Gasteiger partial charge in [0.25, 0.3) is 0 Å². The van der Waals surface area contributed by atoms with Gasteiger partial charge in [-0.25, -0.2) is 4.98 Å². The first-order valence-electron chi connectivity index (χ1n) is 5.95. The molecule has 1 aliphatic rings. The number of rotatable bonds is 2. The van der Waals surface area contributed by atoms with Gasteiger partial charge >= 0.3 is 0 Å². The first-order valence-corrected chi connectivity index (χ1v) is 5.95. The summed E-state index contributed by atoms with van der Waals surface area (Å²) in [6.07, 6.45) is 1.66. The monoisotopic (exact) mass is 255 g/mol. The van der Waals surface area contributed by atoms with E-state index in [1.54, 1.807) is 13.3 Å². The molecule has 3 rings (SSSR count). The van der Waals surface area contributed by atoms with Crippen molar-refractivity contribution < 1.29 is 9.53 Å². The lowest BCUT2D eigenvalue weighted by molar-refractivity contribution is -0.115. The van der Waals surface area contributed by atoms with Gasteiger partial charge < -0.3 is 15.0 Å². The highest BCUT2D eigenvalue weighted by molar-refractivity contribution is 6.03. The number of amides is 1. The summed E-state index contributed by atoms with van der Waals surface area (Å²) in [4.78, 5) is 17.9. The predicted molar refractivity (Wildman–Crippen MR) is 72.9 cm³/mol. The molecule has 19 heavy (non-hydrogen) atoms. The number of hydrogen-bond acceptors (Lipinski definition) is 4. The van der Waals surface area contributed by atoms with E-state index in [2.05, 4.69) is 10.3 Å². The van der Waals surface area contributed by atoms with Crippen molar-refractivity contribution in [3.63, 3.8) is 0 Å². The number of para-hydroxylation sites is 2. The van der Waals surface area contributed by atoms with Crippen LogP contribution in [-0.4, -0.2) is 24.5 Å². The molecule has 2 aromatic rings. The topological polar surface area (TPSA) is 54.5 Å². The molecule has 0 aliphatic carbocycles. The molecule has 0 radical (unpaired) electrons. The van der Waals surface area contributed by atoms with Crippen LogP contribution in [0.3, 0.4) is 0 Å². The quantitative estimate of drug-likeness (QED) is 0.893. The fourth-order valence-corrected chi connectivity index (χ4v) is 2.19. The number of benzene rings is 1. The number of hydrogen-bond donors (Lipinski definition) is 1. The molecule has 1 N–H and O–H groups in total. The first kappa shape index (κ1) is 11.5. The van der Waals surface area contributed by atoms with Crippen molar-refractivity contribution >= 4 is 23.0 Å². The Labute approximate surface area is 110 Å². The maximum absolute atomic E-state index is 11.8. The Balaban J connectivity index is 2.13. The third kappa shape index (κ3) is 1.99. The van der Waals surface area contributed by atoms with E-state index in [4.69, 9.17) is 4.74 Å². The lowest BCUT2D eigenvalue weighted by Crippen LogP contribution is -2.35. The number of pyridine rings is 1. The predicted octanol–water partition coefficient (Wildman–Crippen LogP) is 2.18. The number of nitrogens with zero attached hydrogens (tertiary/aromatic N) is 2. The molecule has 0 spiro atoms. The minimum absolute atomic E-state index is 0.0513. The summed E-state index contributed by atoms with van der Waals surface area (Å²) in [7, 11) is 1.57. The van der Waals surface area contributed by atoms with E-state index in [0.717, 1.165) is 17.1 Å². The minimum Gasteiger partial charge on any atom is -0.480 e. The van der Waals surface area contributed by atoms with Crippen molar-refractivity contribution in [1.29, 1.82) is 0 Å². The first-order chi connectivity index (χ1) is 9.29. The standard InChI is InChI=1S/C14H13N3O2/c1-19-14-12(7-4-8-15-14)17-9-13(18)16-10-5-2-3-6-11(10)17/h2-8H,9H2,1H3,(H,16,18). The summed E-state index contributed by atoms with van der Waals surface area (Å²) in [5.41, 5.74) is 2.52. The molecular weight excluding hydrogens is 242 g/mol.